The Morgan fingerprint density at radius 2 is 1.28 bits per heavy atom. The van der Waals surface area contributed by atoms with Gasteiger partial charge in [-0.05, 0) is 17.2 Å². The second-order valence-corrected chi connectivity index (χ2v) is 5.92. The van der Waals surface area contributed by atoms with E-state index < -0.39 is 10.1 Å². The quantitative estimate of drug-likeness (QED) is 0.502. The number of hydrogen-bond acceptors (Lipinski definition) is 2. The molecule has 0 aliphatic carbocycles. The summed E-state index contributed by atoms with van der Waals surface area (Å²) in [6.45, 7) is 3.58. The summed E-state index contributed by atoms with van der Waals surface area (Å²) in [5.74, 6) is 0. The maximum Gasteiger partial charge on any atom is 1.00 e. The van der Waals surface area contributed by atoms with Crippen LogP contribution in [0, 0.1) is 0 Å². The molecule has 0 bridgehead atoms. The standard InChI is InChI=1S/C12H12.C8H8O3S.Na.H/c1-2-3-4-6-9-12-10-7-5-8-11-12;9-12(10,11)7-6-8-4-2-1-3-5-8;;/h2-11H,1H2;1-7H,(H,9,10,11);;/q;;+1;-1. The summed E-state index contributed by atoms with van der Waals surface area (Å²) in [6, 6.07) is 19.1. The van der Waals surface area contributed by atoms with E-state index in [1.807, 2.05) is 42.5 Å². The van der Waals surface area contributed by atoms with E-state index in [1.54, 1.807) is 30.3 Å². The SMILES string of the molecule is C=CC=CC=Cc1ccccc1.O=S(=O)(O)C=Cc1ccccc1.[H-].[Na+]. The molecule has 3 nitrogen and oxygen atoms in total. The van der Waals surface area contributed by atoms with Crippen molar-refractivity contribution in [3.05, 3.63) is 108 Å². The van der Waals surface area contributed by atoms with Crippen molar-refractivity contribution in [1.82, 2.24) is 0 Å². The van der Waals surface area contributed by atoms with Gasteiger partial charge in [0, 0.05) is 0 Å². The van der Waals surface area contributed by atoms with Crippen molar-refractivity contribution in [1.29, 1.82) is 0 Å². The van der Waals surface area contributed by atoms with Crippen LogP contribution in [0.1, 0.15) is 12.6 Å². The Bertz CT molecular complexity index is 799. The van der Waals surface area contributed by atoms with Gasteiger partial charge in [0.2, 0.25) is 0 Å². The summed E-state index contributed by atoms with van der Waals surface area (Å²) < 4.78 is 28.9. The average Bonchev–Trinajstić information content (AvgIpc) is 2.59. The van der Waals surface area contributed by atoms with Gasteiger partial charge in [0.05, 0.1) is 5.41 Å². The normalized spacial score (nSPS) is 11.1. The summed E-state index contributed by atoms with van der Waals surface area (Å²) >= 11 is 0. The van der Waals surface area contributed by atoms with Crippen molar-refractivity contribution >= 4 is 22.3 Å². The molecule has 0 atom stereocenters. The summed E-state index contributed by atoms with van der Waals surface area (Å²) in [5.41, 5.74) is 1.95. The molecule has 0 aromatic heterocycles. The van der Waals surface area contributed by atoms with Crippen molar-refractivity contribution < 1.29 is 44.0 Å². The molecule has 0 heterocycles. The third-order valence-corrected chi connectivity index (χ3v) is 3.16. The zero-order valence-electron chi connectivity index (χ0n) is 15.2. The minimum absolute atomic E-state index is 0. The van der Waals surface area contributed by atoms with E-state index in [1.165, 1.54) is 11.6 Å². The fourth-order valence-electron chi connectivity index (χ4n) is 1.60. The van der Waals surface area contributed by atoms with Crippen LogP contribution in [-0.4, -0.2) is 13.0 Å². The smallest absolute Gasteiger partial charge is 1.00 e. The van der Waals surface area contributed by atoms with Gasteiger partial charge in [-0.2, -0.15) is 8.42 Å². The molecule has 126 valence electrons. The molecule has 2 aromatic carbocycles. The fourth-order valence-corrected chi connectivity index (χ4v) is 1.93. The van der Waals surface area contributed by atoms with Gasteiger partial charge in [0.25, 0.3) is 10.1 Å². The number of benzene rings is 2. The monoisotopic (exact) mass is 364 g/mol. The summed E-state index contributed by atoms with van der Waals surface area (Å²) in [5, 5.41) is 0.752. The van der Waals surface area contributed by atoms with Gasteiger partial charge in [-0.25, -0.2) is 0 Å². The van der Waals surface area contributed by atoms with E-state index in [0.717, 1.165) is 11.0 Å². The molecule has 0 amide bonds. The maximum absolute atomic E-state index is 10.3. The summed E-state index contributed by atoms with van der Waals surface area (Å²) in [4.78, 5) is 0. The van der Waals surface area contributed by atoms with E-state index in [-0.39, 0.29) is 31.0 Å². The predicted octanol–water partition coefficient (Wildman–Crippen LogP) is 2.10. The molecule has 0 aliphatic heterocycles. The number of hydrogen-bond donors (Lipinski definition) is 1. The molecule has 5 heteroatoms. The van der Waals surface area contributed by atoms with Gasteiger partial charge in [-0.3, -0.25) is 4.55 Å². The Morgan fingerprint density at radius 3 is 1.72 bits per heavy atom. The minimum Gasteiger partial charge on any atom is -1.00 e. The molecule has 2 aromatic rings. The van der Waals surface area contributed by atoms with Gasteiger partial charge in [-0.15, -0.1) is 0 Å². The van der Waals surface area contributed by atoms with Crippen LogP contribution < -0.4 is 29.6 Å². The molecular formula is C20H21NaO3S. The first-order valence-electron chi connectivity index (χ1n) is 7.23. The van der Waals surface area contributed by atoms with Gasteiger partial charge < -0.3 is 1.43 Å². The second kappa shape index (κ2) is 13.6. The third kappa shape index (κ3) is 13.3. The van der Waals surface area contributed by atoms with Crippen molar-refractivity contribution in [3.8, 4) is 0 Å². The van der Waals surface area contributed by atoms with Crippen LogP contribution in [0.15, 0.2) is 97.0 Å². The predicted molar refractivity (Wildman–Crippen MR) is 103 cm³/mol. The molecule has 0 saturated carbocycles. The topological polar surface area (TPSA) is 54.4 Å². The largest absolute Gasteiger partial charge is 1.00 e. The van der Waals surface area contributed by atoms with Crippen molar-refractivity contribution in [2.24, 2.45) is 0 Å². The van der Waals surface area contributed by atoms with E-state index in [4.69, 9.17) is 4.55 Å². The van der Waals surface area contributed by atoms with Crippen LogP contribution in [0.2, 0.25) is 0 Å². The summed E-state index contributed by atoms with van der Waals surface area (Å²) in [6.07, 6.45) is 11.0. The van der Waals surface area contributed by atoms with Crippen LogP contribution in [-0.2, 0) is 10.1 Å². The van der Waals surface area contributed by atoms with Crippen molar-refractivity contribution in [2.75, 3.05) is 0 Å². The molecule has 0 saturated heterocycles. The van der Waals surface area contributed by atoms with Gasteiger partial charge >= 0.3 is 29.6 Å². The average molecular weight is 364 g/mol. The van der Waals surface area contributed by atoms with Crippen LogP contribution >= 0.6 is 0 Å². The van der Waals surface area contributed by atoms with E-state index in [2.05, 4.69) is 24.8 Å². The number of allylic oxidation sites excluding steroid dienone is 4. The Hall–Kier alpha value is -1.69. The molecule has 1 N–H and O–H groups in total. The van der Waals surface area contributed by atoms with E-state index >= 15 is 0 Å². The Morgan fingerprint density at radius 1 is 0.800 bits per heavy atom. The third-order valence-electron chi connectivity index (χ3n) is 2.68. The number of rotatable bonds is 5. The Balaban J connectivity index is 0. The first kappa shape index (κ1) is 23.3. The van der Waals surface area contributed by atoms with Crippen molar-refractivity contribution in [2.45, 2.75) is 0 Å². The van der Waals surface area contributed by atoms with E-state index in [9.17, 15) is 8.42 Å². The van der Waals surface area contributed by atoms with Gasteiger partial charge in [0.1, 0.15) is 0 Å². The zero-order valence-corrected chi connectivity index (χ0v) is 17.0. The Kier molecular flexibility index (Phi) is 12.7. The second-order valence-electron chi connectivity index (χ2n) is 4.62. The molecule has 0 fully saturated rings. The van der Waals surface area contributed by atoms with E-state index in [0.29, 0.717) is 0 Å². The molecule has 0 radical (unpaired) electrons. The van der Waals surface area contributed by atoms with Crippen LogP contribution in [0.3, 0.4) is 0 Å². The van der Waals surface area contributed by atoms with Crippen LogP contribution in [0.25, 0.3) is 12.2 Å². The fraction of sp³-hybridized carbons (Fsp3) is 0. The first-order chi connectivity index (χ1) is 11.5. The Labute approximate surface area is 173 Å². The first-order valence-corrected chi connectivity index (χ1v) is 8.73. The van der Waals surface area contributed by atoms with Crippen LogP contribution in [0.4, 0.5) is 0 Å². The summed E-state index contributed by atoms with van der Waals surface area (Å²) in [7, 11) is -4.00. The van der Waals surface area contributed by atoms with Crippen molar-refractivity contribution in [3.63, 3.8) is 0 Å². The van der Waals surface area contributed by atoms with Crippen LogP contribution in [0.5, 0.6) is 0 Å². The zero-order chi connectivity index (χ0) is 17.7. The molecule has 2 rings (SSSR count). The molecule has 0 aliphatic rings. The van der Waals surface area contributed by atoms with Gasteiger partial charge in [0.15, 0.2) is 0 Å². The molecule has 0 unspecified atom stereocenters. The van der Waals surface area contributed by atoms with Gasteiger partial charge in [-0.1, -0.05) is 97.6 Å². The molecule has 25 heavy (non-hydrogen) atoms. The minimum atomic E-state index is -4.00. The molecule has 0 spiro atoms. The maximum atomic E-state index is 10.3. The molecular weight excluding hydrogens is 343 g/mol.